The van der Waals surface area contributed by atoms with E-state index in [1.54, 1.807) is 7.11 Å². The number of hydrogen-bond acceptors (Lipinski definition) is 2. The van der Waals surface area contributed by atoms with Crippen LogP contribution in [0.25, 0.3) is 0 Å². The van der Waals surface area contributed by atoms with Crippen molar-refractivity contribution in [2.45, 2.75) is 12.3 Å². The van der Waals surface area contributed by atoms with Crippen molar-refractivity contribution in [3.63, 3.8) is 0 Å². The number of aliphatic carboxylic acids is 1. The number of carbonyl (C=O) groups is 1. The first-order valence-electron chi connectivity index (χ1n) is 4.59. The van der Waals surface area contributed by atoms with Crippen LogP contribution in [0, 0.1) is 5.92 Å². The normalized spacial score (nSPS) is 24.4. The maximum absolute atomic E-state index is 10.6. The molecule has 0 saturated heterocycles. The molecule has 0 bridgehead atoms. The highest BCUT2D eigenvalue weighted by Gasteiger charge is 2.43. The Morgan fingerprint density at radius 2 is 2.07 bits per heavy atom. The minimum atomic E-state index is -0.689. The van der Waals surface area contributed by atoms with Crippen LogP contribution in [0.5, 0.6) is 5.75 Å². The molecule has 1 N–H and O–H groups in total. The van der Waals surface area contributed by atoms with Gasteiger partial charge >= 0.3 is 5.97 Å². The van der Waals surface area contributed by atoms with Crippen molar-refractivity contribution >= 4 is 5.97 Å². The average Bonchev–Trinajstić information content (AvgIpc) is 2.97. The predicted molar refractivity (Wildman–Crippen MR) is 51.5 cm³/mol. The fourth-order valence-electron chi connectivity index (χ4n) is 1.69. The molecule has 14 heavy (non-hydrogen) atoms. The Kier molecular flexibility index (Phi) is 2.15. The molecule has 2 rings (SSSR count). The van der Waals surface area contributed by atoms with Gasteiger partial charge in [-0.25, -0.2) is 0 Å². The molecule has 2 atom stereocenters. The van der Waals surface area contributed by atoms with Crippen LogP contribution in [-0.2, 0) is 4.79 Å². The lowest BCUT2D eigenvalue weighted by Crippen LogP contribution is -1.98. The van der Waals surface area contributed by atoms with Crippen LogP contribution < -0.4 is 4.74 Å². The van der Waals surface area contributed by atoms with Gasteiger partial charge in [0.1, 0.15) is 5.75 Å². The molecule has 1 fully saturated rings. The Morgan fingerprint density at radius 3 is 2.50 bits per heavy atom. The lowest BCUT2D eigenvalue weighted by atomic mass is 10.1. The van der Waals surface area contributed by atoms with Crippen LogP contribution in [-0.4, -0.2) is 18.2 Å². The lowest BCUT2D eigenvalue weighted by Gasteiger charge is -2.01. The second kappa shape index (κ2) is 3.33. The molecule has 74 valence electrons. The van der Waals surface area contributed by atoms with Crippen LogP contribution in [0.4, 0.5) is 0 Å². The maximum Gasteiger partial charge on any atom is 0.307 e. The van der Waals surface area contributed by atoms with E-state index in [0.717, 1.165) is 17.7 Å². The Balaban J connectivity index is 2.08. The molecule has 0 spiro atoms. The van der Waals surface area contributed by atoms with Crippen LogP contribution in [0.15, 0.2) is 24.3 Å². The van der Waals surface area contributed by atoms with E-state index in [9.17, 15) is 4.79 Å². The number of methoxy groups -OCH3 is 1. The molecule has 0 heterocycles. The van der Waals surface area contributed by atoms with Crippen molar-refractivity contribution in [2.75, 3.05) is 7.11 Å². The molecule has 1 aromatic rings. The van der Waals surface area contributed by atoms with Gasteiger partial charge in [0.2, 0.25) is 0 Å². The number of ether oxygens (including phenoxy) is 1. The van der Waals surface area contributed by atoms with E-state index in [2.05, 4.69) is 0 Å². The van der Waals surface area contributed by atoms with E-state index in [0.29, 0.717) is 0 Å². The Bertz CT molecular complexity index is 342. The van der Waals surface area contributed by atoms with Crippen molar-refractivity contribution in [3.8, 4) is 5.75 Å². The van der Waals surface area contributed by atoms with Gasteiger partial charge in [0, 0.05) is 0 Å². The summed E-state index contributed by atoms with van der Waals surface area (Å²) < 4.78 is 5.03. The summed E-state index contributed by atoms with van der Waals surface area (Å²) >= 11 is 0. The molecule has 0 radical (unpaired) electrons. The summed E-state index contributed by atoms with van der Waals surface area (Å²) in [6.07, 6.45) is 0.766. The van der Waals surface area contributed by atoms with Gasteiger partial charge in [0.15, 0.2) is 0 Å². The second-order valence-corrected chi connectivity index (χ2v) is 3.56. The first-order chi connectivity index (χ1) is 6.72. The number of carboxylic acid groups (broad SMARTS) is 1. The summed E-state index contributed by atoms with van der Waals surface area (Å²) in [5, 5.41) is 8.76. The topological polar surface area (TPSA) is 46.5 Å². The standard InChI is InChI=1S/C11H12O3/c1-14-8-4-2-7(3-5-8)9-6-10(9)11(12)13/h2-5,9-10H,6H2,1H3,(H,12,13)/t9-,10+/m0/s1. The zero-order valence-electron chi connectivity index (χ0n) is 7.93. The SMILES string of the molecule is COc1ccc([C@@H]2C[C@H]2C(=O)O)cc1. The van der Waals surface area contributed by atoms with Gasteiger partial charge in [0.25, 0.3) is 0 Å². The minimum Gasteiger partial charge on any atom is -0.497 e. The van der Waals surface area contributed by atoms with Gasteiger partial charge in [-0.05, 0) is 30.0 Å². The maximum atomic E-state index is 10.6. The molecule has 0 aromatic heterocycles. The molecule has 0 amide bonds. The zero-order chi connectivity index (χ0) is 10.1. The number of rotatable bonds is 3. The van der Waals surface area contributed by atoms with Gasteiger partial charge in [-0.3, -0.25) is 4.79 Å². The molecular formula is C11H12O3. The summed E-state index contributed by atoms with van der Waals surface area (Å²) in [7, 11) is 1.62. The Morgan fingerprint density at radius 1 is 1.43 bits per heavy atom. The largest absolute Gasteiger partial charge is 0.497 e. The minimum absolute atomic E-state index is 0.177. The van der Waals surface area contributed by atoms with E-state index in [4.69, 9.17) is 9.84 Å². The second-order valence-electron chi connectivity index (χ2n) is 3.56. The summed E-state index contributed by atoms with van der Waals surface area (Å²) in [5.74, 6) is 0.147. The van der Waals surface area contributed by atoms with Gasteiger partial charge in [-0.2, -0.15) is 0 Å². The van der Waals surface area contributed by atoms with Crippen molar-refractivity contribution < 1.29 is 14.6 Å². The van der Waals surface area contributed by atoms with Crippen molar-refractivity contribution in [2.24, 2.45) is 5.92 Å². The third kappa shape index (κ3) is 1.58. The van der Waals surface area contributed by atoms with Gasteiger partial charge in [-0.1, -0.05) is 12.1 Å². The number of benzene rings is 1. The quantitative estimate of drug-likeness (QED) is 0.795. The zero-order valence-corrected chi connectivity index (χ0v) is 7.93. The van der Waals surface area contributed by atoms with Gasteiger partial charge < -0.3 is 9.84 Å². The molecular weight excluding hydrogens is 180 g/mol. The van der Waals surface area contributed by atoms with Crippen LogP contribution in [0.3, 0.4) is 0 Å². The van der Waals surface area contributed by atoms with E-state index >= 15 is 0 Å². The van der Waals surface area contributed by atoms with Crippen molar-refractivity contribution in [1.29, 1.82) is 0 Å². The fraction of sp³-hybridized carbons (Fsp3) is 0.364. The highest BCUT2D eigenvalue weighted by Crippen LogP contribution is 2.47. The van der Waals surface area contributed by atoms with Gasteiger partial charge in [-0.15, -0.1) is 0 Å². The molecule has 0 unspecified atom stereocenters. The summed E-state index contributed by atoms with van der Waals surface area (Å²) in [5.41, 5.74) is 1.10. The summed E-state index contributed by atoms with van der Waals surface area (Å²) in [6, 6.07) is 7.61. The highest BCUT2D eigenvalue weighted by atomic mass is 16.5. The van der Waals surface area contributed by atoms with Crippen molar-refractivity contribution in [3.05, 3.63) is 29.8 Å². The molecule has 1 aliphatic rings. The number of hydrogen-bond donors (Lipinski definition) is 1. The monoisotopic (exact) mass is 192 g/mol. The molecule has 1 aromatic carbocycles. The molecule has 1 saturated carbocycles. The van der Waals surface area contributed by atoms with E-state index in [1.807, 2.05) is 24.3 Å². The Hall–Kier alpha value is -1.51. The molecule has 1 aliphatic carbocycles. The van der Waals surface area contributed by atoms with Crippen LogP contribution in [0.2, 0.25) is 0 Å². The molecule has 3 heteroatoms. The fourth-order valence-corrected chi connectivity index (χ4v) is 1.69. The lowest BCUT2D eigenvalue weighted by molar-refractivity contribution is -0.138. The van der Waals surface area contributed by atoms with Crippen LogP contribution in [0.1, 0.15) is 17.9 Å². The summed E-state index contributed by atoms with van der Waals surface area (Å²) in [4.78, 5) is 10.6. The van der Waals surface area contributed by atoms with E-state index in [-0.39, 0.29) is 11.8 Å². The first-order valence-corrected chi connectivity index (χ1v) is 4.59. The predicted octanol–water partition coefficient (Wildman–Crippen LogP) is 1.88. The molecule has 3 nitrogen and oxygen atoms in total. The first kappa shape index (κ1) is 9.06. The van der Waals surface area contributed by atoms with E-state index in [1.165, 1.54) is 0 Å². The molecule has 0 aliphatic heterocycles. The van der Waals surface area contributed by atoms with Gasteiger partial charge in [0.05, 0.1) is 13.0 Å². The highest BCUT2D eigenvalue weighted by molar-refractivity contribution is 5.75. The van der Waals surface area contributed by atoms with Crippen molar-refractivity contribution in [1.82, 2.24) is 0 Å². The van der Waals surface area contributed by atoms with Crippen LogP contribution >= 0.6 is 0 Å². The summed E-state index contributed by atoms with van der Waals surface area (Å²) in [6.45, 7) is 0. The number of carboxylic acids is 1. The smallest absolute Gasteiger partial charge is 0.307 e. The Labute approximate surface area is 82.3 Å². The third-order valence-corrected chi connectivity index (χ3v) is 2.65. The van der Waals surface area contributed by atoms with E-state index < -0.39 is 5.97 Å². The average molecular weight is 192 g/mol. The third-order valence-electron chi connectivity index (χ3n) is 2.65.